The Bertz CT molecular complexity index is 1030. The van der Waals surface area contributed by atoms with Gasteiger partial charge in [-0.15, -0.1) is 0 Å². The van der Waals surface area contributed by atoms with Crippen LogP contribution in [0.2, 0.25) is 0 Å². The van der Waals surface area contributed by atoms with Crippen LogP contribution in [0.4, 0.5) is 11.4 Å². The third kappa shape index (κ3) is 2.38. The molecule has 3 heterocycles. The first-order valence-electron chi connectivity index (χ1n) is 9.15. The fourth-order valence-corrected chi connectivity index (χ4v) is 4.01. The van der Waals surface area contributed by atoms with Crippen molar-refractivity contribution in [3.8, 4) is 0 Å². The van der Waals surface area contributed by atoms with E-state index >= 15 is 0 Å². The summed E-state index contributed by atoms with van der Waals surface area (Å²) < 4.78 is 5.62. The summed E-state index contributed by atoms with van der Waals surface area (Å²) in [4.78, 5) is 33.9. The van der Waals surface area contributed by atoms with E-state index in [0.29, 0.717) is 11.4 Å². The van der Waals surface area contributed by atoms with Crippen LogP contribution in [0.1, 0.15) is 17.4 Å². The van der Waals surface area contributed by atoms with Crippen LogP contribution in [0.15, 0.2) is 77.4 Å². The van der Waals surface area contributed by atoms with Crippen molar-refractivity contribution in [3.63, 3.8) is 0 Å². The molecule has 2 aliphatic heterocycles. The fourth-order valence-electron chi connectivity index (χ4n) is 4.01. The maximum Gasteiger partial charge on any atom is 0.266 e. The largest absolute Gasteiger partial charge is 0.467 e. The molecular formula is C22H18N2O4. The molecule has 2 aliphatic rings. The van der Waals surface area contributed by atoms with Crippen LogP contribution in [0.5, 0.6) is 0 Å². The molecule has 0 aliphatic carbocycles. The Kier molecular flexibility index (Phi) is 3.80. The van der Waals surface area contributed by atoms with Gasteiger partial charge in [-0.2, -0.15) is 0 Å². The summed E-state index contributed by atoms with van der Waals surface area (Å²) in [6.45, 7) is 1.88. The van der Waals surface area contributed by atoms with Crippen LogP contribution in [0.3, 0.4) is 0 Å². The summed E-state index contributed by atoms with van der Waals surface area (Å²) in [5, 5.41) is 1.62. The van der Waals surface area contributed by atoms with E-state index in [-0.39, 0.29) is 11.8 Å². The number of amides is 2. The Morgan fingerprint density at radius 2 is 1.61 bits per heavy atom. The lowest BCUT2D eigenvalue weighted by Gasteiger charge is -2.27. The Morgan fingerprint density at radius 3 is 2.32 bits per heavy atom. The van der Waals surface area contributed by atoms with E-state index in [1.807, 2.05) is 55.5 Å². The SMILES string of the molecule is Cc1ccccc1N1C(=O)[C@@H]2[C@H](ON(c3ccccc3)[C@@H]2c2ccco2)C1=O. The summed E-state index contributed by atoms with van der Waals surface area (Å²) in [5.41, 5.74) is 2.22. The minimum Gasteiger partial charge on any atom is -0.467 e. The van der Waals surface area contributed by atoms with Crippen LogP contribution in [-0.4, -0.2) is 17.9 Å². The maximum atomic E-state index is 13.4. The van der Waals surface area contributed by atoms with E-state index in [2.05, 4.69) is 0 Å². The molecule has 3 atom stereocenters. The highest BCUT2D eigenvalue weighted by atomic mass is 16.7. The van der Waals surface area contributed by atoms with Crippen LogP contribution in [0, 0.1) is 12.8 Å². The first kappa shape index (κ1) is 16.8. The van der Waals surface area contributed by atoms with Gasteiger partial charge < -0.3 is 4.42 Å². The number of aryl methyl sites for hydroxylation is 1. The molecule has 1 aromatic heterocycles. The van der Waals surface area contributed by atoms with Crippen molar-refractivity contribution >= 4 is 23.2 Å². The van der Waals surface area contributed by atoms with Crippen LogP contribution in [0.25, 0.3) is 0 Å². The van der Waals surface area contributed by atoms with Gasteiger partial charge in [-0.3, -0.25) is 14.4 Å². The third-order valence-corrected chi connectivity index (χ3v) is 5.32. The second-order valence-corrected chi connectivity index (χ2v) is 6.97. The number of rotatable bonds is 3. The highest BCUT2D eigenvalue weighted by Crippen LogP contribution is 2.47. The van der Waals surface area contributed by atoms with Gasteiger partial charge in [0.25, 0.3) is 5.91 Å². The highest BCUT2D eigenvalue weighted by molar-refractivity contribution is 6.24. The Labute approximate surface area is 161 Å². The number of carbonyl (C=O) groups excluding carboxylic acids is 2. The quantitative estimate of drug-likeness (QED) is 0.655. The lowest BCUT2D eigenvalue weighted by atomic mass is 9.94. The summed E-state index contributed by atoms with van der Waals surface area (Å²) in [6.07, 6.45) is 0.675. The van der Waals surface area contributed by atoms with E-state index in [1.165, 1.54) is 4.90 Å². The summed E-state index contributed by atoms with van der Waals surface area (Å²) in [5.74, 6) is -0.717. The van der Waals surface area contributed by atoms with Gasteiger partial charge in [0.15, 0.2) is 6.10 Å². The normalized spacial score (nSPS) is 24.1. The number of hydrogen-bond donors (Lipinski definition) is 0. The third-order valence-electron chi connectivity index (χ3n) is 5.32. The molecule has 140 valence electrons. The number of anilines is 2. The van der Waals surface area contributed by atoms with E-state index in [9.17, 15) is 9.59 Å². The van der Waals surface area contributed by atoms with Crippen molar-refractivity contribution in [2.24, 2.45) is 5.92 Å². The zero-order chi connectivity index (χ0) is 19.3. The zero-order valence-corrected chi connectivity index (χ0v) is 15.2. The van der Waals surface area contributed by atoms with Crippen molar-refractivity contribution in [3.05, 3.63) is 84.3 Å². The molecule has 6 nitrogen and oxygen atoms in total. The number of furan rings is 1. The minimum absolute atomic E-state index is 0.274. The van der Waals surface area contributed by atoms with E-state index < -0.39 is 18.1 Å². The smallest absolute Gasteiger partial charge is 0.266 e. The molecular weight excluding hydrogens is 356 g/mol. The number of hydrogen-bond acceptors (Lipinski definition) is 5. The van der Waals surface area contributed by atoms with Gasteiger partial charge in [0.2, 0.25) is 5.91 Å². The number of para-hydroxylation sites is 2. The van der Waals surface area contributed by atoms with Crippen molar-refractivity contribution in [1.82, 2.24) is 0 Å². The average Bonchev–Trinajstić information content (AvgIpc) is 3.41. The molecule has 2 fully saturated rings. The topological polar surface area (TPSA) is 63.0 Å². The molecule has 28 heavy (non-hydrogen) atoms. The molecule has 0 spiro atoms. The van der Waals surface area contributed by atoms with Gasteiger partial charge >= 0.3 is 0 Å². The predicted molar refractivity (Wildman–Crippen MR) is 102 cm³/mol. The van der Waals surface area contributed by atoms with E-state index in [1.54, 1.807) is 29.5 Å². The molecule has 2 amide bonds. The molecule has 0 radical (unpaired) electrons. The average molecular weight is 374 g/mol. The second-order valence-electron chi connectivity index (χ2n) is 6.97. The first-order valence-corrected chi connectivity index (χ1v) is 9.15. The second kappa shape index (κ2) is 6.35. The molecule has 0 saturated carbocycles. The maximum absolute atomic E-state index is 13.4. The number of hydroxylamine groups is 1. The van der Waals surface area contributed by atoms with Crippen molar-refractivity contribution in [1.29, 1.82) is 0 Å². The predicted octanol–water partition coefficient (Wildman–Crippen LogP) is 3.64. The molecule has 0 N–H and O–H groups in total. The summed E-state index contributed by atoms with van der Waals surface area (Å²) in [7, 11) is 0. The van der Waals surface area contributed by atoms with Gasteiger partial charge in [0.1, 0.15) is 17.7 Å². The van der Waals surface area contributed by atoms with Crippen molar-refractivity contribution < 1.29 is 18.8 Å². The molecule has 5 rings (SSSR count). The van der Waals surface area contributed by atoms with E-state index in [0.717, 1.165) is 11.3 Å². The minimum atomic E-state index is -0.887. The lowest BCUT2D eigenvalue weighted by molar-refractivity contribution is -0.126. The summed E-state index contributed by atoms with van der Waals surface area (Å²) in [6, 6.07) is 19.8. The molecule has 2 aromatic carbocycles. The van der Waals surface area contributed by atoms with Crippen LogP contribution >= 0.6 is 0 Å². The monoisotopic (exact) mass is 374 g/mol. The number of benzene rings is 2. The van der Waals surface area contributed by atoms with Gasteiger partial charge in [-0.1, -0.05) is 36.4 Å². The van der Waals surface area contributed by atoms with Gasteiger partial charge in [-0.25, -0.2) is 9.96 Å². The highest BCUT2D eigenvalue weighted by Gasteiger charge is 2.61. The molecule has 2 saturated heterocycles. The summed E-state index contributed by atoms with van der Waals surface area (Å²) >= 11 is 0. The van der Waals surface area contributed by atoms with Crippen molar-refractivity contribution in [2.75, 3.05) is 9.96 Å². The number of imide groups is 1. The Hall–Kier alpha value is -3.38. The van der Waals surface area contributed by atoms with Crippen LogP contribution in [-0.2, 0) is 14.4 Å². The van der Waals surface area contributed by atoms with Crippen LogP contribution < -0.4 is 9.96 Å². The molecule has 6 heteroatoms. The Morgan fingerprint density at radius 1 is 0.857 bits per heavy atom. The number of carbonyl (C=O) groups is 2. The Balaban J connectivity index is 1.59. The fraction of sp³-hybridized carbons (Fsp3) is 0.182. The first-order chi connectivity index (χ1) is 13.7. The van der Waals surface area contributed by atoms with Gasteiger partial charge in [0, 0.05) is 0 Å². The zero-order valence-electron chi connectivity index (χ0n) is 15.2. The molecule has 0 bridgehead atoms. The van der Waals surface area contributed by atoms with E-state index in [4.69, 9.17) is 9.25 Å². The van der Waals surface area contributed by atoms with Gasteiger partial charge in [-0.05, 0) is 42.8 Å². The molecule has 0 unspecified atom stereocenters. The lowest BCUT2D eigenvalue weighted by Crippen LogP contribution is -2.37. The molecule has 3 aromatic rings. The van der Waals surface area contributed by atoms with Crippen molar-refractivity contribution in [2.45, 2.75) is 19.1 Å². The number of nitrogens with zero attached hydrogens (tertiary/aromatic N) is 2. The van der Waals surface area contributed by atoms with Gasteiger partial charge in [0.05, 0.1) is 17.6 Å². The number of fused-ring (bicyclic) bond motifs is 1. The standard InChI is InChI=1S/C22H18N2O4/c1-14-8-5-6-11-16(14)23-21(25)18-19(17-12-7-13-27-17)24(28-20(18)22(23)26)15-9-3-2-4-10-15/h2-13,18-20H,1H3/t18-,19+,20-/m0/s1.